The minimum atomic E-state index is -1.07. The lowest BCUT2D eigenvalue weighted by atomic mass is 10.3. The number of halogens is 3. The summed E-state index contributed by atoms with van der Waals surface area (Å²) in [6, 6.07) is 0. The summed E-state index contributed by atoms with van der Waals surface area (Å²) < 4.78 is 4.70. The number of esters is 1. The molecule has 0 amide bonds. The molecule has 0 saturated carbocycles. The predicted molar refractivity (Wildman–Crippen MR) is 51.0 cm³/mol. The Hall–Kier alpha value is 0.340. The summed E-state index contributed by atoms with van der Waals surface area (Å²) in [5, 5.41) is 0. The van der Waals surface area contributed by atoms with Gasteiger partial charge in [-0.1, -0.05) is 23.2 Å². The average molecular weight is 234 g/mol. The van der Waals surface area contributed by atoms with E-state index in [2.05, 4.69) is 0 Å². The van der Waals surface area contributed by atoms with Crippen molar-refractivity contribution in [2.75, 3.05) is 12.5 Å². The zero-order chi connectivity index (χ0) is 9.40. The number of rotatable bonds is 6. The van der Waals surface area contributed by atoms with Crippen LogP contribution in [0.15, 0.2) is 0 Å². The van der Waals surface area contributed by atoms with Crippen molar-refractivity contribution in [1.82, 2.24) is 0 Å². The Morgan fingerprint density at radius 1 is 1.25 bits per heavy atom. The van der Waals surface area contributed by atoms with E-state index in [4.69, 9.17) is 39.5 Å². The highest BCUT2D eigenvalue weighted by Gasteiger charge is 2.11. The van der Waals surface area contributed by atoms with Gasteiger partial charge in [0.2, 0.25) is 4.84 Å². The van der Waals surface area contributed by atoms with Crippen molar-refractivity contribution in [2.24, 2.45) is 0 Å². The number of alkyl halides is 3. The van der Waals surface area contributed by atoms with Crippen molar-refractivity contribution < 1.29 is 9.53 Å². The minimum absolute atomic E-state index is 0.367. The van der Waals surface area contributed by atoms with Crippen LogP contribution in [0.2, 0.25) is 0 Å². The van der Waals surface area contributed by atoms with Crippen molar-refractivity contribution in [2.45, 2.75) is 24.1 Å². The molecular formula is C7H11Cl3O2. The lowest BCUT2D eigenvalue weighted by molar-refractivity contribution is -0.141. The maximum absolute atomic E-state index is 10.7. The van der Waals surface area contributed by atoms with Crippen LogP contribution in [-0.2, 0) is 9.53 Å². The van der Waals surface area contributed by atoms with Crippen LogP contribution in [0.3, 0.4) is 0 Å². The highest BCUT2D eigenvalue weighted by Crippen LogP contribution is 2.05. The number of hydrogen-bond donors (Lipinski definition) is 0. The molecule has 0 spiro atoms. The zero-order valence-corrected chi connectivity index (χ0v) is 8.83. The lowest BCUT2D eigenvalue weighted by Gasteiger charge is -2.03. The van der Waals surface area contributed by atoms with Crippen molar-refractivity contribution >= 4 is 40.8 Å². The Morgan fingerprint density at radius 3 is 2.42 bits per heavy atom. The van der Waals surface area contributed by atoms with Gasteiger partial charge >= 0.3 is 5.97 Å². The first kappa shape index (κ1) is 12.3. The summed E-state index contributed by atoms with van der Waals surface area (Å²) in [4.78, 5) is 9.59. The van der Waals surface area contributed by atoms with Gasteiger partial charge in [-0.3, -0.25) is 0 Å². The van der Waals surface area contributed by atoms with E-state index in [0.29, 0.717) is 12.5 Å². The van der Waals surface area contributed by atoms with Gasteiger partial charge in [0.15, 0.2) is 0 Å². The fourth-order valence-corrected chi connectivity index (χ4v) is 0.924. The fraction of sp³-hybridized carbons (Fsp3) is 0.857. The molecule has 5 heteroatoms. The van der Waals surface area contributed by atoms with Crippen LogP contribution >= 0.6 is 34.8 Å². The van der Waals surface area contributed by atoms with Crippen LogP contribution in [0, 0.1) is 0 Å². The lowest BCUT2D eigenvalue weighted by Crippen LogP contribution is -2.12. The Balaban J connectivity index is 3.14. The van der Waals surface area contributed by atoms with E-state index in [1.165, 1.54) is 0 Å². The highest BCUT2D eigenvalue weighted by atomic mass is 35.5. The molecule has 0 atom stereocenters. The molecule has 0 saturated heterocycles. The molecule has 0 aromatic heterocycles. The molecule has 0 fully saturated rings. The van der Waals surface area contributed by atoms with Crippen LogP contribution < -0.4 is 0 Å². The quantitative estimate of drug-likeness (QED) is 0.401. The molecule has 72 valence electrons. The Bertz CT molecular complexity index is 128. The number of unbranched alkanes of at least 4 members (excludes halogenated alkanes) is 2. The zero-order valence-electron chi connectivity index (χ0n) is 6.56. The van der Waals surface area contributed by atoms with E-state index in [1.807, 2.05) is 0 Å². The molecule has 0 heterocycles. The van der Waals surface area contributed by atoms with Crippen molar-refractivity contribution in [3.05, 3.63) is 0 Å². The predicted octanol–water partition coefficient (Wildman–Crippen LogP) is 2.74. The fourth-order valence-electron chi connectivity index (χ4n) is 0.609. The third-order valence-electron chi connectivity index (χ3n) is 1.20. The van der Waals surface area contributed by atoms with Gasteiger partial charge in [-0.15, -0.1) is 11.6 Å². The molecule has 0 aliphatic heterocycles. The first-order valence-electron chi connectivity index (χ1n) is 3.69. The average Bonchev–Trinajstić information content (AvgIpc) is 2.03. The molecule has 0 unspecified atom stereocenters. The number of hydrogen-bond acceptors (Lipinski definition) is 2. The third kappa shape index (κ3) is 7.01. The second-order valence-corrected chi connectivity index (χ2v) is 3.69. The Morgan fingerprint density at radius 2 is 1.92 bits per heavy atom. The third-order valence-corrected chi connectivity index (χ3v) is 1.82. The number of carbonyl (C=O) groups is 1. The van der Waals surface area contributed by atoms with Gasteiger partial charge in [0.1, 0.15) is 0 Å². The summed E-state index contributed by atoms with van der Waals surface area (Å²) in [6.45, 7) is 0.367. The highest BCUT2D eigenvalue weighted by molar-refractivity contribution is 6.52. The van der Waals surface area contributed by atoms with Crippen LogP contribution in [-0.4, -0.2) is 23.3 Å². The minimum Gasteiger partial charge on any atom is -0.464 e. The smallest absolute Gasteiger partial charge is 0.339 e. The van der Waals surface area contributed by atoms with Crippen molar-refractivity contribution in [1.29, 1.82) is 0 Å². The second-order valence-electron chi connectivity index (χ2n) is 2.22. The molecule has 0 aromatic carbocycles. The van der Waals surface area contributed by atoms with Gasteiger partial charge in [-0.05, 0) is 19.3 Å². The van der Waals surface area contributed by atoms with E-state index < -0.39 is 10.8 Å². The molecule has 0 aromatic rings. The van der Waals surface area contributed by atoms with Gasteiger partial charge < -0.3 is 4.74 Å². The van der Waals surface area contributed by atoms with Crippen LogP contribution in [0.1, 0.15) is 19.3 Å². The largest absolute Gasteiger partial charge is 0.464 e. The van der Waals surface area contributed by atoms with E-state index in [1.54, 1.807) is 0 Å². The van der Waals surface area contributed by atoms with E-state index >= 15 is 0 Å². The Kier molecular flexibility index (Phi) is 8.19. The molecule has 0 radical (unpaired) electrons. The van der Waals surface area contributed by atoms with Gasteiger partial charge in [-0.25, -0.2) is 4.79 Å². The molecule has 12 heavy (non-hydrogen) atoms. The molecular weight excluding hydrogens is 222 g/mol. The van der Waals surface area contributed by atoms with Gasteiger partial charge in [0.25, 0.3) is 0 Å². The summed E-state index contributed by atoms with van der Waals surface area (Å²) in [5.41, 5.74) is 0. The maximum Gasteiger partial charge on any atom is 0.339 e. The first-order valence-corrected chi connectivity index (χ1v) is 5.10. The SMILES string of the molecule is O=C(OCCCCCCl)C(Cl)Cl. The normalized spacial score (nSPS) is 10.3. The first-order chi connectivity index (χ1) is 5.68. The van der Waals surface area contributed by atoms with Gasteiger partial charge in [-0.2, -0.15) is 0 Å². The van der Waals surface area contributed by atoms with Gasteiger partial charge in [0, 0.05) is 5.88 Å². The van der Waals surface area contributed by atoms with Gasteiger partial charge in [0.05, 0.1) is 6.61 Å². The number of carbonyl (C=O) groups excluding carboxylic acids is 1. The standard InChI is InChI=1S/C7H11Cl3O2/c8-4-2-1-3-5-12-7(11)6(9)10/h6H,1-5H2. The summed E-state index contributed by atoms with van der Waals surface area (Å²) >= 11 is 15.9. The van der Waals surface area contributed by atoms with E-state index in [0.717, 1.165) is 19.3 Å². The maximum atomic E-state index is 10.7. The van der Waals surface area contributed by atoms with Crippen molar-refractivity contribution in [3.63, 3.8) is 0 Å². The molecule has 0 N–H and O–H groups in total. The van der Waals surface area contributed by atoms with Crippen LogP contribution in [0.25, 0.3) is 0 Å². The molecule has 0 rings (SSSR count). The monoisotopic (exact) mass is 232 g/mol. The van der Waals surface area contributed by atoms with Crippen LogP contribution in [0.5, 0.6) is 0 Å². The summed E-state index contributed by atoms with van der Waals surface area (Å²) in [6.07, 6.45) is 2.69. The molecule has 0 bridgehead atoms. The Labute approximate surface area is 87.1 Å². The topological polar surface area (TPSA) is 26.3 Å². The molecule has 2 nitrogen and oxygen atoms in total. The van der Waals surface area contributed by atoms with E-state index in [-0.39, 0.29) is 0 Å². The number of ether oxygens (including phenoxy) is 1. The van der Waals surface area contributed by atoms with Crippen molar-refractivity contribution in [3.8, 4) is 0 Å². The van der Waals surface area contributed by atoms with E-state index in [9.17, 15) is 4.79 Å². The second kappa shape index (κ2) is 7.96. The van der Waals surface area contributed by atoms with Crippen LogP contribution in [0.4, 0.5) is 0 Å². The molecule has 0 aliphatic carbocycles. The molecule has 0 aliphatic rings. The summed E-state index contributed by atoms with van der Waals surface area (Å²) in [5.74, 6) is 0.0610. The summed E-state index contributed by atoms with van der Waals surface area (Å²) in [7, 11) is 0.